The molecule has 44 heavy (non-hydrogen) atoms. The first-order chi connectivity index (χ1) is 21.6. The molecule has 1 aromatic heterocycles. The van der Waals surface area contributed by atoms with Gasteiger partial charge < -0.3 is 17.9 Å². The van der Waals surface area contributed by atoms with Gasteiger partial charge in [-0.25, -0.2) is 0 Å². The van der Waals surface area contributed by atoms with Crippen molar-refractivity contribution in [1.29, 1.82) is 0 Å². The number of hydrogen-bond acceptors (Lipinski definition) is 5. The minimum atomic E-state index is -1.62. The van der Waals surface area contributed by atoms with Gasteiger partial charge in [0.25, 0.3) is 0 Å². The number of ether oxygens (including phenoxy) is 2. The van der Waals surface area contributed by atoms with Gasteiger partial charge in [-0.1, -0.05) is 84.9 Å². The number of methoxy groups -OCH3 is 2. The summed E-state index contributed by atoms with van der Waals surface area (Å²) >= 11 is 0. The molecule has 1 heterocycles. The van der Waals surface area contributed by atoms with Gasteiger partial charge in [-0.3, -0.25) is 0 Å². The van der Waals surface area contributed by atoms with Crippen molar-refractivity contribution in [2.24, 2.45) is 0 Å². The molecule has 7 aromatic rings. The molecule has 0 unspecified atom stereocenters. The summed E-state index contributed by atoms with van der Waals surface area (Å²) in [6, 6.07) is 41.9. The van der Waals surface area contributed by atoms with Gasteiger partial charge >= 0.3 is 8.16 Å². The molecule has 6 heteroatoms. The molecule has 0 atom stereocenters. The Labute approximate surface area is 257 Å². The van der Waals surface area contributed by atoms with Crippen LogP contribution in [0.25, 0.3) is 43.5 Å². The molecule has 0 saturated heterocycles. The zero-order valence-electron chi connectivity index (χ0n) is 25.2. The van der Waals surface area contributed by atoms with Gasteiger partial charge in [-0.15, -0.1) is 0 Å². The van der Waals surface area contributed by atoms with E-state index in [9.17, 15) is 0 Å². The number of benzene rings is 6. The van der Waals surface area contributed by atoms with Crippen LogP contribution in [0.2, 0.25) is 0 Å². The van der Waals surface area contributed by atoms with Gasteiger partial charge in [0.2, 0.25) is 0 Å². The predicted molar refractivity (Wildman–Crippen MR) is 183 cm³/mol. The fourth-order valence-electron chi connectivity index (χ4n) is 6.10. The number of hydrogen-bond donors (Lipinski definition) is 0. The summed E-state index contributed by atoms with van der Waals surface area (Å²) in [4.78, 5) is 0. The van der Waals surface area contributed by atoms with E-state index in [1.165, 1.54) is 0 Å². The Kier molecular flexibility index (Phi) is 7.51. The maximum absolute atomic E-state index is 7.05. The van der Waals surface area contributed by atoms with Crippen LogP contribution in [0.15, 0.2) is 130 Å². The molecule has 0 spiro atoms. The minimum Gasteiger partial charge on any atom is -0.497 e. The van der Waals surface area contributed by atoms with Crippen LogP contribution in [-0.4, -0.2) is 20.3 Å². The van der Waals surface area contributed by atoms with Crippen molar-refractivity contribution < 1.29 is 17.9 Å². The molecule has 220 valence electrons. The highest BCUT2D eigenvalue weighted by Crippen LogP contribution is 2.47. The monoisotopic (exact) mass is 599 g/mol. The second kappa shape index (κ2) is 11.8. The molecule has 0 aliphatic rings. The Balaban J connectivity index is 1.57. The fourth-order valence-corrected chi connectivity index (χ4v) is 7.80. The van der Waals surface area contributed by atoms with E-state index in [1.807, 2.05) is 24.3 Å². The summed E-state index contributed by atoms with van der Waals surface area (Å²) < 4.78 is 27.5. The van der Waals surface area contributed by atoms with Gasteiger partial charge in [0.15, 0.2) is 0 Å². The molecule has 5 nitrogen and oxygen atoms in total. The molecule has 0 radical (unpaired) electrons. The zero-order valence-corrected chi connectivity index (χ0v) is 26.1. The first-order valence-electron chi connectivity index (χ1n) is 14.8. The van der Waals surface area contributed by atoms with E-state index in [2.05, 4.69) is 116 Å². The summed E-state index contributed by atoms with van der Waals surface area (Å²) in [5, 5.41) is 6.73. The van der Waals surface area contributed by atoms with Crippen LogP contribution < -0.4 is 14.1 Å². The van der Waals surface area contributed by atoms with E-state index in [0.29, 0.717) is 0 Å². The average Bonchev–Trinajstić information content (AvgIpc) is 3.24. The van der Waals surface area contributed by atoms with Gasteiger partial charge in [0.05, 0.1) is 20.3 Å². The van der Waals surface area contributed by atoms with Crippen molar-refractivity contribution in [3.05, 3.63) is 132 Å². The van der Waals surface area contributed by atoms with E-state index in [4.69, 9.17) is 17.9 Å². The van der Waals surface area contributed by atoms with E-state index < -0.39 is 8.16 Å². The van der Waals surface area contributed by atoms with E-state index in [-0.39, 0.29) is 12.1 Å². The molecule has 0 N–H and O–H groups in total. The maximum Gasteiger partial charge on any atom is 0.310 e. The van der Waals surface area contributed by atoms with E-state index >= 15 is 0 Å². The molecule has 0 amide bonds. The molecule has 0 fully saturated rings. The molecule has 7 rings (SSSR count). The van der Waals surface area contributed by atoms with Crippen LogP contribution in [0.4, 0.5) is 0 Å². The quantitative estimate of drug-likeness (QED) is 0.182. The zero-order chi connectivity index (χ0) is 30.2. The lowest BCUT2D eigenvalue weighted by Crippen LogP contribution is -2.33. The van der Waals surface area contributed by atoms with Crippen molar-refractivity contribution in [1.82, 2.24) is 0 Å². The van der Waals surface area contributed by atoms with Crippen molar-refractivity contribution in [2.45, 2.75) is 25.9 Å². The molecule has 0 aliphatic carbocycles. The van der Waals surface area contributed by atoms with Crippen molar-refractivity contribution in [3.63, 3.8) is 0 Å². The Morgan fingerprint density at radius 2 is 0.977 bits per heavy atom. The lowest BCUT2D eigenvalue weighted by molar-refractivity contribution is 0.414. The fraction of sp³-hybridized carbons (Fsp3) is 0.158. The Hall–Kier alpha value is -4.70. The highest BCUT2D eigenvalue weighted by molar-refractivity contribution is 7.39. The third-order valence-corrected chi connectivity index (χ3v) is 10.0. The smallest absolute Gasteiger partial charge is 0.310 e. The molecule has 6 aromatic carbocycles. The number of fused-ring (bicyclic) bond motifs is 7. The van der Waals surface area contributed by atoms with Crippen molar-refractivity contribution >= 4 is 51.6 Å². The van der Waals surface area contributed by atoms with E-state index in [1.54, 1.807) is 14.2 Å². The minimum absolute atomic E-state index is 0.0706. The first kappa shape index (κ1) is 28.1. The van der Waals surface area contributed by atoms with Crippen LogP contribution in [0.1, 0.15) is 31.0 Å². The van der Waals surface area contributed by atoms with Crippen molar-refractivity contribution in [2.75, 3.05) is 18.9 Å². The lowest BCUT2D eigenvalue weighted by atomic mass is 9.97. The Morgan fingerprint density at radius 1 is 0.545 bits per heavy atom. The summed E-state index contributed by atoms with van der Waals surface area (Å²) in [6.07, 6.45) is 0. The standard InChI is InChI=1S/C38H34NO4P/c1-25(2)39(38(28-13-19-30(40-3)20-14-28)29-15-21-31(41-4)22-16-29)44-42-34-23-17-26-9-5-7-11-32(26)36(34)37-33-12-8-6-10-27(33)18-24-35(37)43-44/h5-25,38H,1-4H3. The molecular weight excluding hydrogens is 565 g/mol. The third kappa shape index (κ3) is 4.98. The molecule has 0 aliphatic heterocycles. The van der Waals surface area contributed by atoms with E-state index in [0.717, 1.165) is 66.1 Å². The Morgan fingerprint density at radius 3 is 1.39 bits per heavy atom. The highest BCUT2D eigenvalue weighted by Gasteiger charge is 2.31. The SMILES string of the molecule is COc1ccc(C(c2ccc(OC)cc2)N(C(C)C)p2oc3ccc4ccccc4c3c3c(ccc4ccccc43)o2)cc1. The predicted octanol–water partition coefficient (Wildman–Crippen LogP) is 10.7. The van der Waals surface area contributed by atoms with Gasteiger partial charge in [0, 0.05) is 16.8 Å². The van der Waals surface area contributed by atoms with Crippen LogP contribution in [0.5, 0.6) is 11.5 Å². The average molecular weight is 600 g/mol. The first-order valence-corrected chi connectivity index (χ1v) is 15.9. The third-order valence-electron chi connectivity index (χ3n) is 8.23. The van der Waals surface area contributed by atoms with Crippen LogP contribution in [-0.2, 0) is 0 Å². The van der Waals surface area contributed by atoms with Crippen LogP contribution >= 0.6 is 8.16 Å². The summed E-state index contributed by atoms with van der Waals surface area (Å²) in [7, 11) is 1.76. The summed E-state index contributed by atoms with van der Waals surface area (Å²) in [6.45, 7) is 4.39. The normalized spacial score (nSPS) is 11.8. The van der Waals surface area contributed by atoms with Gasteiger partial charge in [-0.05, 0) is 82.9 Å². The number of rotatable bonds is 7. The number of nitrogens with zero attached hydrogens (tertiary/aromatic N) is 1. The Bertz CT molecular complexity index is 1990. The lowest BCUT2D eigenvalue weighted by Gasteiger charge is -2.32. The second-order valence-electron chi connectivity index (χ2n) is 11.2. The van der Waals surface area contributed by atoms with Crippen LogP contribution in [0.3, 0.4) is 0 Å². The molecule has 0 bridgehead atoms. The van der Waals surface area contributed by atoms with Gasteiger partial charge in [-0.2, -0.15) is 4.67 Å². The maximum atomic E-state index is 7.05. The summed E-state index contributed by atoms with van der Waals surface area (Å²) in [5.41, 5.74) is 3.86. The van der Waals surface area contributed by atoms with Crippen LogP contribution in [0, 0.1) is 0 Å². The van der Waals surface area contributed by atoms with Gasteiger partial charge in [0.1, 0.15) is 22.7 Å². The summed E-state index contributed by atoms with van der Waals surface area (Å²) in [5.74, 6) is 1.63. The highest BCUT2D eigenvalue weighted by atomic mass is 31.1. The largest absolute Gasteiger partial charge is 0.497 e. The van der Waals surface area contributed by atoms with Crippen molar-refractivity contribution in [3.8, 4) is 11.5 Å². The molecule has 0 saturated carbocycles. The topological polar surface area (TPSA) is 48.0 Å². The molecular formula is C38H34NO4P. The second-order valence-corrected chi connectivity index (χ2v) is 12.5.